The van der Waals surface area contributed by atoms with Crippen molar-refractivity contribution in [2.24, 2.45) is 0 Å². The SMILES string of the molecule is CS(=O)(=O)Nc1ccc(COI)cc1. The van der Waals surface area contributed by atoms with E-state index in [2.05, 4.69) is 4.72 Å². The summed E-state index contributed by atoms with van der Waals surface area (Å²) in [6.07, 6.45) is 1.12. The molecule has 14 heavy (non-hydrogen) atoms. The highest BCUT2D eigenvalue weighted by atomic mass is 127. The molecule has 4 nitrogen and oxygen atoms in total. The van der Waals surface area contributed by atoms with Crippen molar-refractivity contribution in [2.45, 2.75) is 6.61 Å². The molecule has 0 fully saturated rings. The van der Waals surface area contributed by atoms with Crippen LogP contribution in [0.4, 0.5) is 5.69 Å². The Morgan fingerprint density at radius 3 is 2.36 bits per heavy atom. The predicted octanol–water partition coefficient (Wildman–Crippen LogP) is 1.92. The molecule has 0 saturated carbocycles. The minimum absolute atomic E-state index is 0.514. The highest BCUT2D eigenvalue weighted by Crippen LogP contribution is 2.12. The van der Waals surface area contributed by atoms with Gasteiger partial charge >= 0.3 is 0 Å². The Morgan fingerprint density at radius 2 is 1.93 bits per heavy atom. The first-order chi connectivity index (χ1) is 6.51. The van der Waals surface area contributed by atoms with Crippen molar-refractivity contribution in [3.8, 4) is 0 Å². The maximum atomic E-state index is 10.9. The van der Waals surface area contributed by atoms with E-state index in [0.29, 0.717) is 12.3 Å². The summed E-state index contributed by atoms with van der Waals surface area (Å²) >= 11 is 1.81. The molecule has 0 heterocycles. The van der Waals surface area contributed by atoms with Gasteiger partial charge in [-0.05, 0) is 17.7 Å². The Hall–Kier alpha value is -0.340. The Bertz CT molecular complexity index is 388. The number of hydrogen-bond acceptors (Lipinski definition) is 3. The fraction of sp³-hybridized carbons (Fsp3) is 0.250. The van der Waals surface area contributed by atoms with E-state index in [0.717, 1.165) is 11.8 Å². The van der Waals surface area contributed by atoms with Crippen molar-refractivity contribution >= 4 is 38.7 Å². The highest BCUT2D eigenvalue weighted by molar-refractivity contribution is 14.1. The van der Waals surface area contributed by atoms with Gasteiger partial charge in [0.05, 0.1) is 12.9 Å². The van der Waals surface area contributed by atoms with E-state index in [1.54, 1.807) is 12.1 Å². The summed E-state index contributed by atoms with van der Waals surface area (Å²) in [5, 5.41) is 0. The van der Waals surface area contributed by atoms with Crippen molar-refractivity contribution in [1.82, 2.24) is 0 Å². The van der Waals surface area contributed by atoms with Gasteiger partial charge in [0, 0.05) is 5.69 Å². The van der Waals surface area contributed by atoms with Gasteiger partial charge in [0.25, 0.3) is 0 Å². The summed E-state index contributed by atoms with van der Waals surface area (Å²) in [5.41, 5.74) is 1.56. The van der Waals surface area contributed by atoms with Crippen LogP contribution in [0.2, 0.25) is 0 Å². The number of nitrogens with one attached hydrogen (secondary N) is 1. The van der Waals surface area contributed by atoms with Gasteiger partial charge < -0.3 is 3.07 Å². The lowest BCUT2D eigenvalue weighted by atomic mass is 10.2. The lowest BCUT2D eigenvalue weighted by molar-refractivity contribution is 0.418. The maximum absolute atomic E-state index is 10.9. The number of halogens is 1. The third-order valence-corrected chi connectivity index (χ3v) is 2.40. The normalized spacial score (nSPS) is 11.3. The number of benzene rings is 1. The lowest BCUT2D eigenvalue weighted by Crippen LogP contribution is -2.09. The van der Waals surface area contributed by atoms with Crippen LogP contribution < -0.4 is 4.72 Å². The molecule has 0 radical (unpaired) electrons. The van der Waals surface area contributed by atoms with Crippen molar-refractivity contribution in [3.05, 3.63) is 29.8 Å². The number of rotatable bonds is 4. The molecule has 0 unspecified atom stereocenters. The smallest absolute Gasteiger partial charge is 0.229 e. The molecule has 6 heteroatoms. The van der Waals surface area contributed by atoms with Gasteiger partial charge in [0.15, 0.2) is 0 Å². The molecule has 0 saturated heterocycles. The second kappa shape index (κ2) is 4.94. The number of sulfonamides is 1. The molecule has 0 aliphatic rings. The molecule has 0 aliphatic heterocycles. The Labute approximate surface area is 97.4 Å². The largest absolute Gasteiger partial charge is 0.311 e. The van der Waals surface area contributed by atoms with Crippen LogP contribution in [0.3, 0.4) is 0 Å². The molecule has 1 N–H and O–H groups in total. The monoisotopic (exact) mass is 327 g/mol. The topological polar surface area (TPSA) is 55.4 Å². The zero-order valence-electron chi connectivity index (χ0n) is 7.53. The zero-order valence-corrected chi connectivity index (χ0v) is 10.5. The van der Waals surface area contributed by atoms with Crippen molar-refractivity contribution in [3.63, 3.8) is 0 Å². The molecule has 1 aromatic carbocycles. The minimum Gasteiger partial charge on any atom is -0.311 e. The summed E-state index contributed by atoms with van der Waals surface area (Å²) in [6.45, 7) is 0.514. The van der Waals surface area contributed by atoms with E-state index in [-0.39, 0.29) is 0 Å². The molecule has 1 rings (SSSR count). The molecule has 0 amide bonds. The van der Waals surface area contributed by atoms with E-state index < -0.39 is 10.0 Å². The van der Waals surface area contributed by atoms with E-state index in [4.69, 9.17) is 3.07 Å². The van der Waals surface area contributed by atoms with Crippen LogP contribution in [0.25, 0.3) is 0 Å². The zero-order chi connectivity index (χ0) is 10.6. The van der Waals surface area contributed by atoms with Crippen LogP contribution in [0.5, 0.6) is 0 Å². The Morgan fingerprint density at radius 1 is 1.36 bits per heavy atom. The van der Waals surface area contributed by atoms with E-state index in [9.17, 15) is 8.42 Å². The molecule has 0 aromatic heterocycles. The van der Waals surface area contributed by atoms with Gasteiger partial charge in [-0.3, -0.25) is 4.72 Å². The average Bonchev–Trinajstić information content (AvgIpc) is 2.06. The average molecular weight is 327 g/mol. The molecule has 0 bridgehead atoms. The first-order valence-electron chi connectivity index (χ1n) is 3.81. The van der Waals surface area contributed by atoms with Crippen molar-refractivity contribution in [1.29, 1.82) is 0 Å². The molecular weight excluding hydrogens is 317 g/mol. The van der Waals surface area contributed by atoms with Gasteiger partial charge in [-0.2, -0.15) is 0 Å². The van der Waals surface area contributed by atoms with E-state index in [1.165, 1.54) is 0 Å². The van der Waals surface area contributed by atoms with E-state index >= 15 is 0 Å². The molecule has 0 atom stereocenters. The molecule has 1 aromatic rings. The minimum atomic E-state index is -3.19. The van der Waals surface area contributed by atoms with Crippen LogP contribution in [0, 0.1) is 0 Å². The Kier molecular flexibility index (Phi) is 4.14. The molecule has 78 valence electrons. The lowest BCUT2D eigenvalue weighted by Gasteiger charge is -2.04. The quantitative estimate of drug-likeness (QED) is 0.860. The summed E-state index contributed by atoms with van der Waals surface area (Å²) in [4.78, 5) is 0. The second-order valence-electron chi connectivity index (χ2n) is 2.82. The molecule has 0 spiro atoms. The van der Waals surface area contributed by atoms with Gasteiger partial charge in [-0.25, -0.2) is 8.42 Å². The predicted molar refractivity (Wildman–Crippen MR) is 63.7 cm³/mol. The van der Waals surface area contributed by atoms with Crippen LogP contribution in [0.1, 0.15) is 5.56 Å². The number of anilines is 1. The van der Waals surface area contributed by atoms with Crippen LogP contribution in [0.15, 0.2) is 24.3 Å². The fourth-order valence-electron chi connectivity index (χ4n) is 0.946. The van der Waals surface area contributed by atoms with Crippen LogP contribution in [-0.2, 0) is 19.7 Å². The van der Waals surface area contributed by atoms with Gasteiger partial charge in [0.1, 0.15) is 23.0 Å². The van der Waals surface area contributed by atoms with Crippen LogP contribution >= 0.6 is 23.0 Å². The highest BCUT2D eigenvalue weighted by Gasteiger charge is 2.00. The standard InChI is InChI=1S/C8H10INO3S/c1-14(11,12)10-8-4-2-7(3-5-8)6-13-9/h2-5,10H,6H2,1H3. The summed E-state index contributed by atoms with van der Waals surface area (Å²) in [6, 6.07) is 7.02. The van der Waals surface area contributed by atoms with Gasteiger partial charge in [0.2, 0.25) is 10.0 Å². The summed E-state index contributed by atoms with van der Waals surface area (Å²) in [7, 11) is -3.19. The van der Waals surface area contributed by atoms with Crippen molar-refractivity contribution < 1.29 is 11.5 Å². The Balaban J connectivity index is 2.74. The van der Waals surface area contributed by atoms with Gasteiger partial charge in [-0.15, -0.1) is 0 Å². The maximum Gasteiger partial charge on any atom is 0.229 e. The van der Waals surface area contributed by atoms with Crippen LogP contribution in [-0.4, -0.2) is 14.7 Å². The number of hydrogen-bond donors (Lipinski definition) is 1. The van der Waals surface area contributed by atoms with Crippen molar-refractivity contribution in [2.75, 3.05) is 11.0 Å². The first kappa shape index (κ1) is 11.7. The summed E-state index contributed by atoms with van der Waals surface area (Å²) in [5.74, 6) is 0. The molecular formula is C8H10INO3S. The molecule has 0 aliphatic carbocycles. The fourth-order valence-corrected chi connectivity index (χ4v) is 1.87. The summed E-state index contributed by atoms with van der Waals surface area (Å²) < 4.78 is 29.0. The van der Waals surface area contributed by atoms with E-state index in [1.807, 2.05) is 35.1 Å². The third kappa shape index (κ3) is 4.25. The second-order valence-corrected chi connectivity index (χ2v) is 5.20. The van der Waals surface area contributed by atoms with Gasteiger partial charge in [-0.1, -0.05) is 12.1 Å². The third-order valence-electron chi connectivity index (χ3n) is 1.48. The first-order valence-corrected chi connectivity index (χ1v) is 6.59.